The third kappa shape index (κ3) is 8.62. The molecule has 2 heterocycles. The normalized spacial score (nSPS) is 18.3. The zero-order chi connectivity index (χ0) is 33.8. The maximum absolute atomic E-state index is 15.0. The van der Waals surface area contributed by atoms with E-state index in [1.807, 2.05) is 0 Å². The number of ether oxygens (including phenoxy) is 1. The Labute approximate surface area is 257 Å². The van der Waals surface area contributed by atoms with Gasteiger partial charge in [0.15, 0.2) is 5.54 Å². The number of nitrogens with one attached hydrogen (secondary N) is 2. The van der Waals surface area contributed by atoms with Crippen molar-refractivity contribution in [3.05, 3.63) is 65.0 Å². The lowest BCUT2D eigenvalue weighted by molar-refractivity contribution is -0.201. The SMILES string of the molecule is C/N=C/C(C)(C)C(=O)NCC1=C(c2ccc(C(C)(C)O)cn2)C[C@](c2ccc(OCCCC(F)(F)F)cc2)(C(F)(F)F)NC1=O. The van der Waals surface area contributed by atoms with Crippen molar-refractivity contribution >= 4 is 23.6 Å². The summed E-state index contributed by atoms with van der Waals surface area (Å²) in [5.74, 6) is -1.55. The number of rotatable bonds is 11. The number of alkyl halides is 6. The quantitative estimate of drug-likeness (QED) is 0.168. The van der Waals surface area contributed by atoms with E-state index in [0.717, 1.165) is 12.1 Å². The van der Waals surface area contributed by atoms with Crippen molar-refractivity contribution in [1.29, 1.82) is 0 Å². The molecule has 1 aromatic heterocycles. The summed E-state index contributed by atoms with van der Waals surface area (Å²) in [4.78, 5) is 34.5. The highest BCUT2D eigenvalue weighted by Crippen LogP contribution is 2.48. The predicted octanol–water partition coefficient (Wildman–Crippen LogP) is 5.60. The second-order valence-electron chi connectivity index (χ2n) is 11.9. The van der Waals surface area contributed by atoms with Crippen LogP contribution >= 0.6 is 0 Å². The van der Waals surface area contributed by atoms with Gasteiger partial charge in [-0.3, -0.25) is 19.6 Å². The first kappa shape index (κ1) is 35.5. The fraction of sp³-hybridized carbons (Fsp3) is 0.484. The number of hydrogen-bond donors (Lipinski definition) is 3. The number of aromatic nitrogens is 1. The Balaban J connectivity index is 2.04. The molecule has 1 aliphatic rings. The van der Waals surface area contributed by atoms with E-state index in [9.17, 15) is 41.0 Å². The van der Waals surface area contributed by atoms with Crippen LogP contribution in [0.15, 0.2) is 53.2 Å². The number of aliphatic hydroxyl groups is 1. The molecular formula is C31H36F6N4O4. The summed E-state index contributed by atoms with van der Waals surface area (Å²) in [5, 5.41) is 15.1. The molecule has 1 aliphatic heterocycles. The average Bonchev–Trinajstić information content (AvgIpc) is 2.93. The maximum Gasteiger partial charge on any atom is 0.416 e. The van der Waals surface area contributed by atoms with Crippen LogP contribution in [0.2, 0.25) is 0 Å². The molecule has 1 atom stereocenters. The van der Waals surface area contributed by atoms with Gasteiger partial charge in [-0.1, -0.05) is 18.2 Å². The first-order valence-corrected chi connectivity index (χ1v) is 14.0. The number of aliphatic imine (C=N–C) groups is 1. The Kier molecular flexibility index (Phi) is 10.4. The Morgan fingerprint density at radius 3 is 2.24 bits per heavy atom. The number of amides is 2. The van der Waals surface area contributed by atoms with Crippen molar-refractivity contribution in [2.24, 2.45) is 10.4 Å². The summed E-state index contributed by atoms with van der Waals surface area (Å²) < 4.78 is 87.5. The molecule has 246 valence electrons. The molecule has 0 bridgehead atoms. The molecule has 3 rings (SSSR count). The zero-order valence-corrected chi connectivity index (χ0v) is 25.5. The minimum Gasteiger partial charge on any atom is -0.494 e. The summed E-state index contributed by atoms with van der Waals surface area (Å²) >= 11 is 0. The highest BCUT2D eigenvalue weighted by atomic mass is 19.4. The van der Waals surface area contributed by atoms with Gasteiger partial charge in [-0.05, 0) is 63.5 Å². The number of pyridine rings is 1. The van der Waals surface area contributed by atoms with Gasteiger partial charge in [-0.15, -0.1) is 0 Å². The van der Waals surface area contributed by atoms with Gasteiger partial charge in [0.2, 0.25) is 11.8 Å². The number of nitrogens with zero attached hydrogens (tertiary/aromatic N) is 2. The second-order valence-corrected chi connectivity index (χ2v) is 11.9. The number of benzene rings is 1. The Hall–Kier alpha value is -3.94. The molecule has 14 heteroatoms. The average molecular weight is 643 g/mol. The third-order valence-corrected chi connectivity index (χ3v) is 7.35. The van der Waals surface area contributed by atoms with E-state index in [2.05, 4.69) is 20.6 Å². The number of halogens is 6. The topological polar surface area (TPSA) is 113 Å². The van der Waals surface area contributed by atoms with Crippen LogP contribution in [-0.4, -0.2) is 60.7 Å². The minimum atomic E-state index is -5.02. The van der Waals surface area contributed by atoms with Crippen LogP contribution in [0.3, 0.4) is 0 Å². The molecule has 0 radical (unpaired) electrons. The second kappa shape index (κ2) is 13.2. The molecule has 0 unspecified atom stereocenters. The number of carbonyl (C=O) groups is 2. The lowest BCUT2D eigenvalue weighted by Gasteiger charge is -2.41. The molecule has 1 aromatic carbocycles. The molecule has 0 saturated heterocycles. The highest BCUT2D eigenvalue weighted by molar-refractivity contribution is 6.05. The van der Waals surface area contributed by atoms with Gasteiger partial charge < -0.3 is 20.5 Å². The van der Waals surface area contributed by atoms with Gasteiger partial charge in [0.1, 0.15) is 5.75 Å². The molecular weight excluding hydrogens is 606 g/mol. The van der Waals surface area contributed by atoms with Gasteiger partial charge in [0.05, 0.1) is 23.3 Å². The summed E-state index contributed by atoms with van der Waals surface area (Å²) in [5.41, 5.74) is -5.43. The largest absolute Gasteiger partial charge is 0.494 e. The van der Waals surface area contributed by atoms with Gasteiger partial charge in [-0.2, -0.15) is 26.3 Å². The van der Waals surface area contributed by atoms with Crippen LogP contribution in [0.1, 0.15) is 63.8 Å². The number of carbonyl (C=O) groups excluding carboxylic acids is 2. The first-order valence-electron chi connectivity index (χ1n) is 14.0. The van der Waals surface area contributed by atoms with Gasteiger partial charge >= 0.3 is 12.4 Å². The lowest BCUT2D eigenvalue weighted by atomic mass is 9.77. The van der Waals surface area contributed by atoms with Gasteiger partial charge in [-0.25, -0.2) is 0 Å². The van der Waals surface area contributed by atoms with E-state index in [-0.39, 0.29) is 41.2 Å². The van der Waals surface area contributed by atoms with Crippen LogP contribution in [-0.2, 0) is 20.7 Å². The van der Waals surface area contributed by atoms with E-state index in [1.54, 1.807) is 13.8 Å². The maximum atomic E-state index is 15.0. The van der Waals surface area contributed by atoms with Crippen LogP contribution in [0, 0.1) is 5.41 Å². The Morgan fingerprint density at radius 2 is 1.73 bits per heavy atom. The van der Waals surface area contributed by atoms with Crippen LogP contribution in [0.4, 0.5) is 26.3 Å². The molecule has 0 saturated carbocycles. The Bertz CT molecular complexity index is 1430. The lowest BCUT2D eigenvalue weighted by Crippen LogP contribution is -2.59. The third-order valence-electron chi connectivity index (χ3n) is 7.35. The standard InChI is InChI=1S/C31H36F6N4O4/c1-27(2,18-38-5)26(43)40-17-23-22(24-12-9-20(16-39-24)28(3,4)44)15-29(31(35,36)37,41-25(23)42)19-7-10-21(11-8-19)45-14-6-13-30(32,33)34/h7-12,16,18,44H,6,13-15,17H2,1-5H3,(H,40,43)(H,41,42)/b38-18+/t29-/m0/s1. The summed E-state index contributed by atoms with van der Waals surface area (Å²) in [6.45, 7) is 5.49. The molecule has 0 spiro atoms. The van der Waals surface area contributed by atoms with Crippen molar-refractivity contribution in [1.82, 2.24) is 15.6 Å². The number of hydrogen-bond acceptors (Lipinski definition) is 6. The fourth-order valence-corrected chi connectivity index (χ4v) is 4.77. The van der Waals surface area contributed by atoms with E-state index in [0.29, 0.717) is 5.56 Å². The van der Waals surface area contributed by atoms with Crippen LogP contribution in [0.25, 0.3) is 5.57 Å². The first-order chi connectivity index (χ1) is 20.7. The predicted molar refractivity (Wildman–Crippen MR) is 155 cm³/mol. The van der Waals surface area contributed by atoms with Crippen LogP contribution < -0.4 is 15.4 Å². The van der Waals surface area contributed by atoms with Crippen molar-refractivity contribution in [2.45, 2.75) is 70.4 Å². The molecule has 2 amide bonds. The minimum absolute atomic E-state index is 0.0368. The van der Waals surface area contributed by atoms with Gasteiger partial charge in [0.25, 0.3) is 0 Å². The summed E-state index contributed by atoms with van der Waals surface area (Å²) in [6.07, 6.45) is -8.89. The van der Waals surface area contributed by atoms with E-state index < -0.39 is 60.1 Å². The van der Waals surface area contributed by atoms with Crippen LogP contribution in [0.5, 0.6) is 5.75 Å². The fourth-order valence-electron chi connectivity index (χ4n) is 4.77. The zero-order valence-electron chi connectivity index (χ0n) is 25.5. The molecule has 3 N–H and O–H groups in total. The molecule has 45 heavy (non-hydrogen) atoms. The summed E-state index contributed by atoms with van der Waals surface area (Å²) in [7, 11) is 1.48. The highest BCUT2D eigenvalue weighted by Gasteiger charge is 2.59. The van der Waals surface area contributed by atoms with E-state index in [1.165, 1.54) is 57.6 Å². The smallest absolute Gasteiger partial charge is 0.416 e. The van der Waals surface area contributed by atoms with Crippen molar-refractivity contribution in [3.8, 4) is 5.75 Å². The molecule has 0 fully saturated rings. The molecule has 8 nitrogen and oxygen atoms in total. The van der Waals surface area contributed by atoms with Crippen molar-refractivity contribution in [3.63, 3.8) is 0 Å². The van der Waals surface area contributed by atoms with E-state index in [4.69, 9.17) is 4.74 Å². The van der Waals surface area contributed by atoms with E-state index >= 15 is 0 Å². The monoisotopic (exact) mass is 642 g/mol. The van der Waals surface area contributed by atoms with Crippen molar-refractivity contribution in [2.75, 3.05) is 20.2 Å². The van der Waals surface area contributed by atoms with Crippen molar-refractivity contribution < 1.29 is 45.8 Å². The molecule has 2 aromatic rings. The van der Waals surface area contributed by atoms with Gasteiger partial charge in [0, 0.05) is 50.0 Å². The summed E-state index contributed by atoms with van der Waals surface area (Å²) in [6, 6.07) is 7.45. The Morgan fingerprint density at radius 1 is 1.09 bits per heavy atom. The molecule has 0 aliphatic carbocycles.